The van der Waals surface area contributed by atoms with E-state index in [0.717, 1.165) is 6.07 Å². The summed E-state index contributed by atoms with van der Waals surface area (Å²) in [5.41, 5.74) is 1.03. The van der Waals surface area contributed by atoms with Crippen molar-refractivity contribution < 1.29 is 8.78 Å². The van der Waals surface area contributed by atoms with Gasteiger partial charge in [-0.3, -0.25) is 0 Å². The van der Waals surface area contributed by atoms with Gasteiger partial charge in [-0.15, -0.1) is 0 Å². The van der Waals surface area contributed by atoms with Crippen LogP contribution >= 0.6 is 0 Å². The molecule has 0 saturated heterocycles. The average Bonchev–Trinajstić information content (AvgIpc) is 3.56. The van der Waals surface area contributed by atoms with Crippen molar-refractivity contribution in [2.24, 2.45) is 0 Å². The molecular weight excluding hydrogens is 582 g/mol. The lowest BCUT2D eigenvalue weighted by molar-refractivity contribution is 0.151. The number of hydrogen-bond acceptors (Lipinski definition) is 4. The van der Waals surface area contributed by atoms with Crippen LogP contribution in [0.4, 0.5) is 14.5 Å². The van der Waals surface area contributed by atoms with Crippen molar-refractivity contribution in [3.05, 3.63) is 156 Å². The van der Waals surface area contributed by atoms with Crippen LogP contribution in [0.15, 0.2) is 59.9 Å². The highest BCUT2D eigenvalue weighted by Crippen LogP contribution is 2.55. The molecule has 0 fully saturated rings. The van der Waals surface area contributed by atoms with Crippen LogP contribution in [0, 0.1) is 78.5 Å². The summed E-state index contributed by atoms with van der Waals surface area (Å²) in [5.74, 6) is 0. The second kappa shape index (κ2) is 11.6. The van der Waals surface area contributed by atoms with E-state index in [1.807, 2.05) is 12.1 Å². The Labute approximate surface area is 262 Å². The van der Waals surface area contributed by atoms with Crippen LogP contribution in [-0.4, -0.2) is 0 Å². The Morgan fingerprint density at radius 2 is 1.28 bits per heavy atom. The lowest BCUT2D eigenvalue weighted by Gasteiger charge is -2.13. The van der Waals surface area contributed by atoms with Crippen LogP contribution in [0.5, 0.6) is 0 Å². The smallest absolute Gasteiger partial charge is 0.238 e. The zero-order chi connectivity index (χ0) is 33.3. The van der Waals surface area contributed by atoms with Crippen LogP contribution in [0.1, 0.15) is 56.5 Å². The third kappa shape index (κ3) is 4.35. The third-order valence-electron chi connectivity index (χ3n) is 7.65. The summed E-state index contributed by atoms with van der Waals surface area (Å²) < 4.78 is 27.9. The van der Waals surface area contributed by atoms with Crippen LogP contribution in [0.25, 0.3) is 52.9 Å². The first kappa shape index (κ1) is 29.9. The van der Waals surface area contributed by atoms with Crippen molar-refractivity contribution in [1.82, 2.24) is 0 Å². The van der Waals surface area contributed by atoms with E-state index < -0.39 is 17.7 Å². The monoisotopic (exact) mass is 594 g/mol. The fourth-order valence-electron chi connectivity index (χ4n) is 5.65. The van der Waals surface area contributed by atoms with Crippen LogP contribution < -0.4 is 0 Å². The Morgan fingerprint density at radius 3 is 1.83 bits per heavy atom. The van der Waals surface area contributed by atoms with Gasteiger partial charge >= 0.3 is 0 Å². The third-order valence-corrected chi connectivity index (χ3v) is 7.65. The molecule has 3 aromatic rings. The Bertz CT molecular complexity index is 2400. The number of benzene rings is 3. The summed E-state index contributed by atoms with van der Waals surface area (Å²) in [6.45, 7) is 32.8. The van der Waals surface area contributed by atoms with E-state index in [-0.39, 0.29) is 72.6 Å². The molecule has 10 heteroatoms. The second-order valence-electron chi connectivity index (χ2n) is 9.86. The maximum absolute atomic E-state index is 13.9. The zero-order valence-electron chi connectivity index (χ0n) is 23.5. The Morgan fingerprint density at radius 1 is 0.696 bits per heavy atom. The predicted octanol–water partition coefficient (Wildman–Crippen LogP) is 8.91. The van der Waals surface area contributed by atoms with Crippen molar-refractivity contribution in [2.75, 3.05) is 0 Å². The van der Waals surface area contributed by atoms with E-state index in [9.17, 15) is 29.8 Å². The molecule has 0 aromatic heterocycles. The normalized spacial score (nSPS) is 14.8. The van der Waals surface area contributed by atoms with E-state index in [1.54, 1.807) is 31.2 Å². The highest BCUT2D eigenvalue weighted by atomic mass is 19.3. The minimum Gasteiger partial charge on any atom is -0.238 e. The van der Waals surface area contributed by atoms with Gasteiger partial charge in [0, 0.05) is 11.1 Å². The van der Waals surface area contributed by atoms with Gasteiger partial charge in [-0.25, -0.2) is 38.7 Å². The fourth-order valence-corrected chi connectivity index (χ4v) is 5.65. The zero-order valence-corrected chi connectivity index (χ0v) is 23.5. The number of rotatable bonds is 3. The summed E-state index contributed by atoms with van der Waals surface area (Å²) in [7, 11) is 0. The van der Waals surface area contributed by atoms with Gasteiger partial charge in [0.05, 0.1) is 55.6 Å². The van der Waals surface area contributed by atoms with Gasteiger partial charge in [-0.1, -0.05) is 24.3 Å². The molecule has 8 nitrogen and oxygen atoms in total. The van der Waals surface area contributed by atoms with E-state index in [0.29, 0.717) is 16.8 Å². The number of hydrogen-bond donors (Lipinski definition) is 0. The van der Waals surface area contributed by atoms with Crippen molar-refractivity contribution in [1.29, 1.82) is 21.0 Å². The lowest BCUT2D eigenvalue weighted by atomic mass is 9.90. The Balaban J connectivity index is 1.93. The largest absolute Gasteiger partial charge is 0.270 e. The van der Waals surface area contributed by atoms with E-state index in [2.05, 4.69) is 25.4 Å². The maximum atomic E-state index is 13.9. The van der Waals surface area contributed by atoms with Gasteiger partial charge < -0.3 is 0 Å². The fraction of sp³-hybridized carbons (Fsp3) is 0.0556. The maximum Gasteiger partial charge on any atom is 0.270 e. The highest BCUT2D eigenvalue weighted by molar-refractivity contribution is 6.29. The highest BCUT2D eigenvalue weighted by Gasteiger charge is 2.37. The molecule has 2 aliphatic rings. The second-order valence-corrected chi connectivity index (χ2v) is 9.86. The molecule has 0 bridgehead atoms. The van der Waals surface area contributed by atoms with E-state index >= 15 is 0 Å². The molecule has 0 N–H and O–H groups in total. The molecule has 210 valence electrons. The molecule has 0 radical (unpaired) electrons. The molecule has 0 saturated carbocycles. The standard InChI is InChI=1S/C36H12F2N8/c1-18-6-7-20(11-28(18)43-2)32-34(30(17-42)45-4)25-13-24-23(12-26(25)35(32)46-5)27(15-40)31(33(24)29(16-41)44-3)19-8-9-21(14-39)22(10-19)36(37)38/h6-13,36H,1H3/b33-29+,34-30-. The first-order chi connectivity index (χ1) is 22.2. The van der Waals surface area contributed by atoms with Crippen molar-refractivity contribution in [3.8, 4) is 24.3 Å². The number of allylic oxidation sites excluding steroid dienone is 7. The van der Waals surface area contributed by atoms with Crippen LogP contribution in [-0.2, 0) is 0 Å². The SMILES string of the molecule is [C-]#[N+]C1=C(c2ccc(C)c([N+]#[C-])c2)/C(=C(/C#N)[N+]#[C-])c2cc3c(cc21)C(C#N)=C(c1ccc(C#N)c(C(F)F)c1)/C3=C(\C#N)[N+]#[C-]. The van der Waals surface area contributed by atoms with Crippen molar-refractivity contribution in [2.45, 2.75) is 13.3 Å². The molecule has 0 amide bonds. The topological polar surface area (TPSA) is 113 Å². The average molecular weight is 595 g/mol. The number of nitrogens with zero attached hydrogens (tertiary/aromatic N) is 8. The van der Waals surface area contributed by atoms with E-state index in [1.165, 1.54) is 24.3 Å². The lowest BCUT2D eigenvalue weighted by Crippen LogP contribution is -1.96. The predicted molar refractivity (Wildman–Crippen MR) is 164 cm³/mol. The number of fused-ring (bicyclic) bond motifs is 2. The summed E-state index contributed by atoms with van der Waals surface area (Å²) in [6.07, 6.45) is -3.03. The van der Waals surface area contributed by atoms with Crippen LogP contribution in [0.3, 0.4) is 0 Å². The first-order valence-electron chi connectivity index (χ1n) is 13.0. The minimum absolute atomic E-state index is 0.0186. The number of halogens is 2. The van der Waals surface area contributed by atoms with Crippen LogP contribution in [0.2, 0.25) is 0 Å². The summed E-state index contributed by atoms with van der Waals surface area (Å²) in [6, 6.07) is 18.9. The van der Waals surface area contributed by atoms with Gasteiger partial charge in [0.2, 0.25) is 5.70 Å². The summed E-state index contributed by atoms with van der Waals surface area (Å²) in [4.78, 5) is 14.0. The molecule has 46 heavy (non-hydrogen) atoms. The number of aryl methyl sites for hydroxylation is 1. The minimum atomic E-state index is -3.03. The molecule has 0 spiro atoms. The first-order valence-corrected chi connectivity index (χ1v) is 13.0. The molecule has 0 unspecified atom stereocenters. The summed E-state index contributed by atoms with van der Waals surface area (Å²) in [5, 5.41) is 39.7. The van der Waals surface area contributed by atoms with Gasteiger partial charge in [0.25, 0.3) is 17.8 Å². The molecule has 0 atom stereocenters. The molecular formula is C36H12F2N8. The molecule has 2 aliphatic carbocycles. The van der Waals surface area contributed by atoms with Crippen molar-refractivity contribution >= 4 is 39.2 Å². The molecule has 0 aliphatic heterocycles. The van der Waals surface area contributed by atoms with E-state index in [4.69, 9.17) is 26.3 Å². The Hall–Kier alpha value is -7.60. The molecule has 0 heterocycles. The number of alkyl halides is 2. The quantitative estimate of drug-likeness (QED) is 0.223. The van der Waals surface area contributed by atoms with Gasteiger partial charge in [-0.2, -0.15) is 10.5 Å². The Kier molecular flexibility index (Phi) is 7.52. The molecule has 5 rings (SSSR count). The van der Waals surface area contributed by atoms with Gasteiger partial charge in [-0.05, 0) is 86.9 Å². The molecule has 3 aromatic carbocycles. The summed E-state index contributed by atoms with van der Waals surface area (Å²) >= 11 is 0. The van der Waals surface area contributed by atoms with Gasteiger partial charge in [0.1, 0.15) is 6.07 Å². The van der Waals surface area contributed by atoms with Crippen molar-refractivity contribution in [3.63, 3.8) is 0 Å². The number of nitriles is 4. The van der Waals surface area contributed by atoms with Gasteiger partial charge in [0.15, 0.2) is 5.69 Å².